The second-order valence-corrected chi connectivity index (χ2v) is 10.0. The van der Waals surface area contributed by atoms with E-state index in [1.807, 2.05) is 48.5 Å². The summed E-state index contributed by atoms with van der Waals surface area (Å²) < 4.78 is 22.9. The van der Waals surface area contributed by atoms with E-state index < -0.39 is 12.0 Å². The molecule has 2 amide bonds. The minimum Gasteiger partial charge on any atom is -0.497 e. The van der Waals surface area contributed by atoms with E-state index in [1.165, 1.54) is 32.7 Å². The smallest absolute Gasteiger partial charge is 0.231 e. The maximum Gasteiger partial charge on any atom is 0.231 e. The fraction of sp³-hybridized carbons (Fsp3) is 0.276. The van der Waals surface area contributed by atoms with Crippen LogP contribution in [0, 0.1) is 5.92 Å². The second kappa shape index (κ2) is 11.2. The van der Waals surface area contributed by atoms with E-state index in [0.717, 1.165) is 15.8 Å². The van der Waals surface area contributed by atoms with Crippen LogP contribution in [-0.2, 0) is 9.59 Å². The molecular weight excluding hydrogens is 518 g/mol. The molecule has 39 heavy (non-hydrogen) atoms. The lowest BCUT2D eigenvalue weighted by Crippen LogP contribution is -2.47. The van der Waals surface area contributed by atoms with Gasteiger partial charge in [0.05, 0.1) is 56.3 Å². The Morgan fingerprint density at radius 2 is 1.64 bits per heavy atom. The summed E-state index contributed by atoms with van der Waals surface area (Å²) in [5.74, 6) is 1.04. The quantitative estimate of drug-likeness (QED) is 0.313. The molecule has 0 unspecified atom stereocenters. The van der Waals surface area contributed by atoms with Crippen LogP contribution in [0.25, 0.3) is 10.2 Å². The number of ether oxygens (including phenoxy) is 4. The summed E-state index contributed by atoms with van der Waals surface area (Å²) in [7, 11) is 6.16. The number of benzene rings is 3. The molecule has 0 aliphatic carbocycles. The van der Waals surface area contributed by atoms with Crippen molar-refractivity contribution >= 4 is 44.2 Å². The molecule has 1 saturated heterocycles. The third kappa shape index (κ3) is 5.07. The number of piperidine rings is 1. The van der Waals surface area contributed by atoms with E-state index in [0.29, 0.717) is 40.2 Å². The van der Waals surface area contributed by atoms with Crippen LogP contribution in [-0.4, -0.2) is 45.2 Å². The summed E-state index contributed by atoms with van der Waals surface area (Å²) in [4.78, 5) is 33.6. The van der Waals surface area contributed by atoms with Gasteiger partial charge in [0.1, 0.15) is 5.75 Å². The van der Waals surface area contributed by atoms with Gasteiger partial charge in [-0.2, -0.15) is 0 Å². The van der Waals surface area contributed by atoms with Crippen LogP contribution in [0.2, 0.25) is 0 Å². The average molecular weight is 548 g/mol. The van der Waals surface area contributed by atoms with Crippen LogP contribution in [0.15, 0.2) is 60.7 Å². The molecule has 1 aliphatic rings. The number of hydrogen-bond donors (Lipinski definition) is 1. The highest BCUT2D eigenvalue weighted by Gasteiger charge is 2.42. The highest BCUT2D eigenvalue weighted by atomic mass is 32.1. The molecule has 5 rings (SSSR count). The number of thiazole rings is 1. The van der Waals surface area contributed by atoms with Gasteiger partial charge in [-0.25, -0.2) is 4.98 Å². The lowest BCUT2D eigenvalue weighted by Gasteiger charge is -2.41. The number of carbonyl (C=O) groups excluding carboxylic acids is 2. The molecular formula is C29H29N3O6S. The molecule has 202 valence electrons. The Labute approximate surface area is 230 Å². The lowest BCUT2D eigenvalue weighted by atomic mass is 9.83. The standard InChI is InChI=1S/C29H29N3O6S/c1-35-19-11-9-17(10-12-19)26-20(28(34)31-29-30-21-7-5-6-8-24(21)39-29)13-14-25(33)32(26)18-15-22(36-2)27(38-4)23(16-18)37-3/h5-12,15-16,20,26H,13-14H2,1-4H3,(H,30,31,34)/t20-,26+/m0/s1. The molecule has 1 aromatic heterocycles. The van der Waals surface area contributed by atoms with Gasteiger partial charge in [0.2, 0.25) is 17.6 Å². The third-order valence-corrected chi connectivity index (χ3v) is 7.79. The van der Waals surface area contributed by atoms with Crippen molar-refractivity contribution in [1.82, 2.24) is 4.98 Å². The van der Waals surface area contributed by atoms with Gasteiger partial charge in [-0.3, -0.25) is 9.59 Å². The average Bonchev–Trinajstić information content (AvgIpc) is 3.38. The zero-order valence-corrected chi connectivity index (χ0v) is 22.9. The molecule has 2 atom stereocenters. The Balaban J connectivity index is 1.58. The van der Waals surface area contributed by atoms with Crippen LogP contribution in [0.4, 0.5) is 10.8 Å². The number of anilines is 2. The van der Waals surface area contributed by atoms with Crippen LogP contribution < -0.4 is 29.2 Å². The van der Waals surface area contributed by atoms with Gasteiger partial charge in [-0.15, -0.1) is 0 Å². The summed E-state index contributed by atoms with van der Waals surface area (Å²) in [6.45, 7) is 0. The third-order valence-electron chi connectivity index (χ3n) is 6.84. The first-order chi connectivity index (χ1) is 19.0. The monoisotopic (exact) mass is 547 g/mol. The maximum absolute atomic E-state index is 13.8. The maximum atomic E-state index is 13.8. The summed E-state index contributed by atoms with van der Waals surface area (Å²) in [5.41, 5.74) is 2.15. The Kier molecular flexibility index (Phi) is 7.56. The van der Waals surface area contributed by atoms with Crippen molar-refractivity contribution in [2.75, 3.05) is 38.7 Å². The molecule has 1 aliphatic heterocycles. The first-order valence-corrected chi connectivity index (χ1v) is 13.2. The van der Waals surface area contributed by atoms with Gasteiger partial charge in [0.15, 0.2) is 16.6 Å². The number of rotatable bonds is 8. The first-order valence-electron chi connectivity index (χ1n) is 12.4. The van der Waals surface area contributed by atoms with Crippen molar-refractivity contribution in [3.05, 3.63) is 66.2 Å². The topological polar surface area (TPSA) is 99.2 Å². The van der Waals surface area contributed by atoms with E-state index in [9.17, 15) is 9.59 Å². The SMILES string of the molecule is COc1ccc([C@@H]2[C@@H](C(=O)Nc3nc4ccccc4s3)CCC(=O)N2c2cc(OC)c(OC)c(OC)c2)cc1. The summed E-state index contributed by atoms with van der Waals surface area (Å²) in [5, 5.41) is 3.53. The largest absolute Gasteiger partial charge is 0.497 e. The van der Waals surface area contributed by atoms with Gasteiger partial charge < -0.3 is 29.2 Å². The predicted octanol–water partition coefficient (Wildman–Crippen LogP) is 5.45. The van der Waals surface area contributed by atoms with Crippen LogP contribution in [0.5, 0.6) is 23.0 Å². The molecule has 0 radical (unpaired) electrons. The zero-order chi connectivity index (χ0) is 27.5. The Hall–Kier alpha value is -4.31. The van der Waals surface area contributed by atoms with Gasteiger partial charge in [-0.1, -0.05) is 35.6 Å². The molecule has 9 nitrogen and oxygen atoms in total. The highest BCUT2D eigenvalue weighted by Crippen LogP contribution is 2.46. The van der Waals surface area contributed by atoms with E-state index in [2.05, 4.69) is 10.3 Å². The van der Waals surface area contributed by atoms with Crippen LogP contribution >= 0.6 is 11.3 Å². The Morgan fingerprint density at radius 1 is 0.949 bits per heavy atom. The molecule has 1 N–H and O–H groups in total. The van der Waals surface area contributed by atoms with Crippen molar-refractivity contribution in [3.8, 4) is 23.0 Å². The number of nitrogens with zero attached hydrogens (tertiary/aromatic N) is 2. The van der Waals surface area contributed by atoms with Crippen molar-refractivity contribution < 1.29 is 28.5 Å². The van der Waals surface area contributed by atoms with Crippen molar-refractivity contribution in [2.45, 2.75) is 18.9 Å². The molecule has 2 heterocycles. The van der Waals surface area contributed by atoms with Gasteiger partial charge in [-0.05, 0) is 36.2 Å². The Morgan fingerprint density at radius 3 is 2.26 bits per heavy atom. The number of nitrogens with one attached hydrogen (secondary N) is 1. The fourth-order valence-corrected chi connectivity index (χ4v) is 5.85. The predicted molar refractivity (Wildman–Crippen MR) is 150 cm³/mol. The first kappa shape index (κ1) is 26.3. The molecule has 3 aromatic carbocycles. The minimum absolute atomic E-state index is 0.117. The molecule has 0 bridgehead atoms. The van der Waals surface area contributed by atoms with Crippen molar-refractivity contribution in [1.29, 1.82) is 0 Å². The molecule has 0 saturated carbocycles. The summed E-state index contributed by atoms with van der Waals surface area (Å²) in [6.07, 6.45) is 0.578. The molecule has 1 fully saturated rings. The van der Waals surface area contributed by atoms with Crippen LogP contribution in [0.1, 0.15) is 24.4 Å². The number of amides is 2. The number of para-hydroxylation sites is 1. The summed E-state index contributed by atoms with van der Waals surface area (Å²) >= 11 is 1.42. The summed E-state index contributed by atoms with van der Waals surface area (Å²) in [6, 6.07) is 18.0. The van der Waals surface area contributed by atoms with E-state index >= 15 is 0 Å². The van der Waals surface area contributed by atoms with E-state index in [-0.39, 0.29) is 18.2 Å². The zero-order valence-electron chi connectivity index (χ0n) is 22.1. The van der Waals surface area contributed by atoms with Gasteiger partial charge >= 0.3 is 0 Å². The van der Waals surface area contributed by atoms with Crippen molar-refractivity contribution in [3.63, 3.8) is 0 Å². The van der Waals surface area contributed by atoms with Crippen LogP contribution in [0.3, 0.4) is 0 Å². The van der Waals surface area contributed by atoms with Crippen molar-refractivity contribution in [2.24, 2.45) is 5.92 Å². The molecule has 10 heteroatoms. The number of fused-ring (bicyclic) bond motifs is 1. The van der Waals surface area contributed by atoms with E-state index in [1.54, 1.807) is 24.1 Å². The molecule has 0 spiro atoms. The fourth-order valence-electron chi connectivity index (χ4n) is 4.98. The minimum atomic E-state index is -0.602. The number of aromatic nitrogens is 1. The van der Waals surface area contributed by atoms with Gasteiger partial charge in [0.25, 0.3) is 0 Å². The highest BCUT2D eigenvalue weighted by molar-refractivity contribution is 7.22. The number of hydrogen-bond acceptors (Lipinski definition) is 8. The lowest BCUT2D eigenvalue weighted by molar-refractivity contribution is -0.125. The second-order valence-electron chi connectivity index (χ2n) is 8.99. The normalized spacial score (nSPS) is 17.1. The Bertz CT molecular complexity index is 1440. The van der Waals surface area contributed by atoms with E-state index in [4.69, 9.17) is 18.9 Å². The van der Waals surface area contributed by atoms with Gasteiger partial charge in [0, 0.05) is 18.6 Å². The number of carbonyl (C=O) groups is 2. The number of methoxy groups -OCH3 is 4. The molecule has 4 aromatic rings.